The van der Waals surface area contributed by atoms with Crippen LogP contribution in [0.3, 0.4) is 0 Å². The van der Waals surface area contributed by atoms with Gasteiger partial charge in [0.05, 0.1) is 5.52 Å². The van der Waals surface area contributed by atoms with Gasteiger partial charge in [-0.3, -0.25) is 4.98 Å². The first kappa shape index (κ1) is 9.17. The van der Waals surface area contributed by atoms with Gasteiger partial charge in [-0.1, -0.05) is 30.2 Å². The van der Waals surface area contributed by atoms with Crippen molar-refractivity contribution in [2.75, 3.05) is 0 Å². The number of hydrogen-bond donors (Lipinski definition) is 0. The molecule has 2 heteroatoms. The first-order valence-corrected chi connectivity index (χ1v) is 5.77. The van der Waals surface area contributed by atoms with Gasteiger partial charge in [-0.25, -0.2) is 0 Å². The Morgan fingerprint density at radius 1 is 1.13 bits per heavy atom. The van der Waals surface area contributed by atoms with Gasteiger partial charge in [-0.2, -0.15) is 0 Å². The van der Waals surface area contributed by atoms with Gasteiger partial charge in [0.25, 0.3) is 0 Å². The minimum absolute atomic E-state index is 0.688. The SMILES string of the molecule is Clc1ccc2ccc(C3CCC3)nc2c1. The molecule has 0 spiro atoms. The average Bonchev–Trinajstić information content (AvgIpc) is 2.14. The summed E-state index contributed by atoms with van der Waals surface area (Å²) in [5.41, 5.74) is 2.25. The highest BCUT2D eigenvalue weighted by Crippen LogP contribution is 2.35. The molecule has 3 rings (SSSR count). The second-order valence-electron chi connectivity index (χ2n) is 4.20. The Kier molecular flexibility index (Phi) is 2.14. The summed E-state index contributed by atoms with van der Waals surface area (Å²) in [6, 6.07) is 10.2. The van der Waals surface area contributed by atoms with Crippen molar-refractivity contribution in [1.29, 1.82) is 0 Å². The molecule has 1 aliphatic rings. The van der Waals surface area contributed by atoms with Crippen molar-refractivity contribution >= 4 is 22.5 Å². The average molecular weight is 218 g/mol. The Balaban J connectivity index is 2.11. The normalized spacial score (nSPS) is 16.6. The van der Waals surface area contributed by atoms with Crippen LogP contribution in [0, 0.1) is 0 Å². The lowest BCUT2D eigenvalue weighted by Gasteiger charge is -2.24. The monoisotopic (exact) mass is 217 g/mol. The highest BCUT2D eigenvalue weighted by atomic mass is 35.5. The predicted octanol–water partition coefficient (Wildman–Crippen LogP) is 4.16. The summed E-state index contributed by atoms with van der Waals surface area (Å²) in [7, 11) is 0. The van der Waals surface area contributed by atoms with Crippen LogP contribution in [-0.4, -0.2) is 4.98 Å². The third-order valence-electron chi connectivity index (χ3n) is 3.20. The number of fused-ring (bicyclic) bond motifs is 1. The van der Waals surface area contributed by atoms with E-state index in [1.54, 1.807) is 0 Å². The Labute approximate surface area is 94.1 Å². The predicted molar refractivity (Wildman–Crippen MR) is 63.3 cm³/mol. The summed E-state index contributed by atoms with van der Waals surface area (Å²) in [6.45, 7) is 0. The fraction of sp³-hybridized carbons (Fsp3) is 0.308. The number of rotatable bonds is 1. The lowest BCUT2D eigenvalue weighted by atomic mass is 9.82. The Morgan fingerprint density at radius 3 is 2.67 bits per heavy atom. The van der Waals surface area contributed by atoms with Crippen LogP contribution >= 0.6 is 11.6 Å². The summed E-state index contributed by atoms with van der Waals surface area (Å²) >= 11 is 5.96. The van der Waals surface area contributed by atoms with Crippen LogP contribution in [-0.2, 0) is 0 Å². The van der Waals surface area contributed by atoms with Crippen LogP contribution in [0.2, 0.25) is 5.02 Å². The summed E-state index contributed by atoms with van der Waals surface area (Å²) in [5.74, 6) is 0.688. The molecule has 0 amide bonds. The number of aromatic nitrogens is 1. The van der Waals surface area contributed by atoms with Crippen molar-refractivity contribution in [2.24, 2.45) is 0 Å². The zero-order valence-corrected chi connectivity index (χ0v) is 9.17. The maximum atomic E-state index is 5.96. The lowest BCUT2D eigenvalue weighted by Crippen LogP contribution is -2.10. The van der Waals surface area contributed by atoms with E-state index in [4.69, 9.17) is 11.6 Å². The highest BCUT2D eigenvalue weighted by Gasteiger charge is 2.20. The molecule has 0 saturated heterocycles. The van der Waals surface area contributed by atoms with Gasteiger partial charge in [0.1, 0.15) is 0 Å². The van der Waals surface area contributed by atoms with Crippen molar-refractivity contribution < 1.29 is 0 Å². The van der Waals surface area contributed by atoms with Crippen molar-refractivity contribution in [3.05, 3.63) is 41.0 Å². The molecule has 0 unspecified atom stereocenters. The Hall–Kier alpha value is -1.08. The maximum absolute atomic E-state index is 5.96. The topological polar surface area (TPSA) is 12.9 Å². The van der Waals surface area contributed by atoms with Crippen molar-refractivity contribution in [1.82, 2.24) is 4.98 Å². The molecular formula is C13H12ClN. The van der Waals surface area contributed by atoms with Gasteiger partial charge >= 0.3 is 0 Å². The second-order valence-corrected chi connectivity index (χ2v) is 4.64. The number of benzene rings is 1. The van der Waals surface area contributed by atoms with Crippen molar-refractivity contribution in [3.8, 4) is 0 Å². The second kappa shape index (κ2) is 3.49. The summed E-state index contributed by atoms with van der Waals surface area (Å²) in [4.78, 5) is 4.67. The van der Waals surface area contributed by atoms with E-state index in [9.17, 15) is 0 Å². The van der Waals surface area contributed by atoms with Crippen LogP contribution in [0.25, 0.3) is 10.9 Å². The molecule has 76 valence electrons. The van der Waals surface area contributed by atoms with Crippen LogP contribution < -0.4 is 0 Å². The molecule has 0 aliphatic heterocycles. The standard InChI is InChI=1S/C13H12ClN/c14-11-6-4-10-5-7-12(9-2-1-3-9)15-13(10)8-11/h4-9H,1-3H2. The van der Waals surface area contributed by atoms with Gasteiger partial charge < -0.3 is 0 Å². The van der Waals surface area contributed by atoms with Crippen LogP contribution in [0.15, 0.2) is 30.3 Å². The zero-order chi connectivity index (χ0) is 10.3. The Morgan fingerprint density at radius 2 is 1.93 bits per heavy atom. The molecule has 1 nitrogen and oxygen atoms in total. The number of halogens is 1. The number of pyridine rings is 1. The molecule has 1 aromatic carbocycles. The summed E-state index contributed by atoms with van der Waals surface area (Å²) in [6.07, 6.45) is 3.93. The lowest BCUT2D eigenvalue weighted by molar-refractivity contribution is 0.412. The van der Waals surface area contributed by atoms with Crippen LogP contribution in [0.1, 0.15) is 30.9 Å². The maximum Gasteiger partial charge on any atom is 0.0720 e. The smallest absolute Gasteiger partial charge is 0.0720 e. The van der Waals surface area contributed by atoms with Crippen molar-refractivity contribution in [2.45, 2.75) is 25.2 Å². The van der Waals surface area contributed by atoms with Gasteiger partial charge in [-0.15, -0.1) is 0 Å². The summed E-state index contributed by atoms with van der Waals surface area (Å²) < 4.78 is 0. The van der Waals surface area contributed by atoms with Gasteiger partial charge in [0, 0.05) is 22.0 Å². The molecule has 1 aliphatic carbocycles. The molecule has 0 radical (unpaired) electrons. The number of hydrogen-bond acceptors (Lipinski definition) is 1. The van der Waals surface area contributed by atoms with E-state index >= 15 is 0 Å². The van der Waals surface area contributed by atoms with E-state index in [1.165, 1.54) is 30.3 Å². The molecule has 0 atom stereocenters. The molecular weight excluding hydrogens is 206 g/mol. The van der Waals surface area contributed by atoms with E-state index in [0.29, 0.717) is 5.92 Å². The van der Waals surface area contributed by atoms with Crippen molar-refractivity contribution in [3.63, 3.8) is 0 Å². The van der Waals surface area contributed by atoms with E-state index in [-0.39, 0.29) is 0 Å². The van der Waals surface area contributed by atoms with E-state index < -0.39 is 0 Å². The van der Waals surface area contributed by atoms with Gasteiger partial charge in [0.15, 0.2) is 0 Å². The van der Waals surface area contributed by atoms with Crippen LogP contribution in [0.4, 0.5) is 0 Å². The fourth-order valence-corrected chi connectivity index (χ4v) is 2.20. The minimum atomic E-state index is 0.688. The van der Waals surface area contributed by atoms with Crippen LogP contribution in [0.5, 0.6) is 0 Å². The highest BCUT2D eigenvalue weighted by molar-refractivity contribution is 6.31. The van der Waals surface area contributed by atoms with E-state index in [1.807, 2.05) is 18.2 Å². The minimum Gasteiger partial charge on any atom is -0.252 e. The third kappa shape index (κ3) is 1.61. The Bertz CT molecular complexity index is 503. The van der Waals surface area contributed by atoms with Gasteiger partial charge in [-0.05, 0) is 31.0 Å². The largest absolute Gasteiger partial charge is 0.252 e. The molecule has 2 aromatic rings. The third-order valence-corrected chi connectivity index (χ3v) is 3.43. The first-order valence-electron chi connectivity index (χ1n) is 5.39. The molecule has 1 saturated carbocycles. The number of nitrogens with zero attached hydrogens (tertiary/aromatic N) is 1. The molecule has 1 fully saturated rings. The quantitative estimate of drug-likeness (QED) is 0.699. The molecule has 0 bridgehead atoms. The van der Waals surface area contributed by atoms with E-state index in [2.05, 4.69) is 17.1 Å². The van der Waals surface area contributed by atoms with Gasteiger partial charge in [0.2, 0.25) is 0 Å². The molecule has 1 heterocycles. The summed E-state index contributed by atoms with van der Waals surface area (Å²) in [5, 5.41) is 1.93. The fourth-order valence-electron chi connectivity index (χ4n) is 2.04. The molecule has 0 N–H and O–H groups in total. The molecule has 1 aromatic heterocycles. The zero-order valence-electron chi connectivity index (χ0n) is 8.41. The van der Waals surface area contributed by atoms with E-state index in [0.717, 1.165) is 10.5 Å². The molecule has 15 heavy (non-hydrogen) atoms. The first-order chi connectivity index (χ1) is 7.33.